The van der Waals surface area contributed by atoms with Crippen molar-refractivity contribution in [3.8, 4) is 0 Å². The van der Waals surface area contributed by atoms with Gasteiger partial charge in [-0.3, -0.25) is 10.2 Å². The molecule has 0 aromatic carbocycles. The van der Waals surface area contributed by atoms with Crippen molar-refractivity contribution < 1.29 is 39.5 Å². The van der Waals surface area contributed by atoms with Gasteiger partial charge in [-0.15, -0.1) is 0 Å². The van der Waals surface area contributed by atoms with E-state index in [1.54, 1.807) is 20.8 Å². The molecule has 0 radical (unpaired) electrons. The molecule has 0 spiro atoms. The van der Waals surface area contributed by atoms with Gasteiger partial charge in [-0.1, -0.05) is 0 Å². The van der Waals surface area contributed by atoms with Crippen molar-refractivity contribution in [3.05, 3.63) is 0 Å². The zero-order chi connectivity index (χ0) is 23.1. The van der Waals surface area contributed by atoms with Gasteiger partial charge in [0.2, 0.25) is 5.91 Å². The largest absolute Gasteiger partial charge is 0.444 e. The molecule has 0 bridgehead atoms. The van der Waals surface area contributed by atoms with Crippen LogP contribution in [0.3, 0.4) is 0 Å². The monoisotopic (exact) mass is 435 g/mol. The molecule has 174 valence electrons. The maximum Gasteiger partial charge on any atom is 0.408 e. The predicted molar refractivity (Wildman–Crippen MR) is 104 cm³/mol. The Bertz CT molecular complexity index is 597. The van der Waals surface area contributed by atoms with E-state index in [1.807, 2.05) is 0 Å². The van der Waals surface area contributed by atoms with Gasteiger partial charge in [-0.25, -0.2) is 4.79 Å². The summed E-state index contributed by atoms with van der Waals surface area (Å²) in [6.07, 6.45) is -7.85. The molecule has 1 aliphatic heterocycles. The van der Waals surface area contributed by atoms with Crippen LogP contribution in [0.5, 0.6) is 0 Å². The number of aliphatic hydroxyl groups excluding tert-OH is 4. The van der Waals surface area contributed by atoms with Crippen LogP contribution in [0.25, 0.3) is 0 Å². The fraction of sp³-hybridized carbons (Fsp3) is 0.824. The van der Waals surface area contributed by atoms with Crippen LogP contribution in [0.2, 0.25) is 0 Å². The molecule has 30 heavy (non-hydrogen) atoms. The zero-order valence-electron chi connectivity index (χ0n) is 17.3. The van der Waals surface area contributed by atoms with Crippen LogP contribution in [0.15, 0.2) is 0 Å². The summed E-state index contributed by atoms with van der Waals surface area (Å²) >= 11 is 0. The number of aliphatic hydroxyl groups is 4. The van der Waals surface area contributed by atoms with E-state index in [-0.39, 0.29) is 18.9 Å². The van der Waals surface area contributed by atoms with Gasteiger partial charge in [-0.2, -0.15) is 0 Å². The second kappa shape index (κ2) is 11.3. The second-order valence-electron chi connectivity index (χ2n) is 7.94. The topological polar surface area (TPSA) is 219 Å². The zero-order valence-corrected chi connectivity index (χ0v) is 17.3. The molecule has 0 aromatic heterocycles. The summed E-state index contributed by atoms with van der Waals surface area (Å²) in [5.41, 5.74) is 4.41. The lowest BCUT2D eigenvalue weighted by atomic mass is 9.98. The van der Waals surface area contributed by atoms with Crippen molar-refractivity contribution in [2.24, 2.45) is 5.73 Å². The van der Waals surface area contributed by atoms with Gasteiger partial charge in [0.05, 0.1) is 6.61 Å². The summed E-state index contributed by atoms with van der Waals surface area (Å²) in [4.78, 5) is 24.8. The van der Waals surface area contributed by atoms with E-state index in [1.165, 1.54) is 0 Å². The van der Waals surface area contributed by atoms with Crippen LogP contribution < -0.4 is 21.7 Å². The minimum Gasteiger partial charge on any atom is -0.444 e. The number of rotatable bonds is 8. The Morgan fingerprint density at radius 1 is 1.20 bits per heavy atom. The Morgan fingerprint density at radius 3 is 2.37 bits per heavy atom. The highest BCUT2D eigenvalue weighted by molar-refractivity contribution is 5.85. The van der Waals surface area contributed by atoms with Crippen molar-refractivity contribution >= 4 is 18.0 Å². The number of hydrogen-bond donors (Lipinski definition) is 9. The average Bonchev–Trinajstić information content (AvgIpc) is 2.62. The van der Waals surface area contributed by atoms with Crippen LogP contribution in [0, 0.1) is 5.41 Å². The van der Waals surface area contributed by atoms with Gasteiger partial charge in [0.15, 0.2) is 12.2 Å². The Kier molecular flexibility index (Phi) is 9.71. The van der Waals surface area contributed by atoms with Crippen molar-refractivity contribution in [2.75, 3.05) is 13.2 Å². The number of alkyl carbamates (subject to hydrolysis) is 1. The van der Waals surface area contributed by atoms with Crippen molar-refractivity contribution in [3.63, 3.8) is 0 Å². The third kappa shape index (κ3) is 8.28. The van der Waals surface area contributed by atoms with Gasteiger partial charge >= 0.3 is 6.09 Å². The number of carbonyl (C=O) groups excluding carboxylic acids is 2. The normalized spacial score (nSPS) is 27.6. The van der Waals surface area contributed by atoms with Gasteiger partial charge in [0.25, 0.3) is 0 Å². The molecule has 10 N–H and O–H groups in total. The van der Waals surface area contributed by atoms with E-state index < -0.39 is 60.9 Å². The number of guanidine groups is 1. The Hall–Kier alpha value is -2.19. The number of ether oxygens (including phenoxy) is 2. The first kappa shape index (κ1) is 25.8. The highest BCUT2D eigenvalue weighted by atomic mass is 16.6. The summed E-state index contributed by atoms with van der Waals surface area (Å²) in [6, 6.07) is -1.10. The van der Waals surface area contributed by atoms with E-state index in [2.05, 4.69) is 16.0 Å². The van der Waals surface area contributed by atoms with E-state index >= 15 is 0 Å². The van der Waals surface area contributed by atoms with Crippen molar-refractivity contribution in [1.29, 1.82) is 5.41 Å². The number of hydrogen-bond acceptors (Lipinski definition) is 9. The van der Waals surface area contributed by atoms with Crippen LogP contribution in [-0.4, -0.2) is 93.8 Å². The fourth-order valence-corrected chi connectivity index (χ4v) is 2.71. The summed E-state index contributed by atoms with van der Waals surface area (Å²) < 4.78 is 10.4. The molecular weight excluding hydrogens is 402 g/mol. The first-order chi connectivity index (χ1) is 13.9. The quantitative estimate of drug-likeness (QED) is 0.107. The van der Waals surface area contributed by atoms with Crippen LogP contribution in [-0.2, 0) is 14.3 Å². The SMILES string of the molecule is CC(C)(C)OC(=O)NC(CCCNC(=N)N)C(=O)NC1OC(CO)C(O)C(O)C1O. The highest BCUT2D eigenvalue weighted by Gasteiger charge is 2.44. The standard InChI is InChI=1S/C17H33N5O8/c1-17(2,3)30-16(28)21-8(5-4-6-20-15(18)19)13(27)22-14-12(26)11(25)10(24)9(7-23)29-14/h8-12,14,23-26H,4-7H2,1-3H3,(H,21,28)(H,22,27)(H4,18,19,20). The minimum atomic E-state index is -1.66. The van der Waals surface area contributed by atoms with Crippen LogP contribution in [0.4, 0.5) is 4.79 Å². The van der Waals surface area contributed by atoms with Crippen molar-refractivity contribution in [2.45, 2.75) is 75.9 Å². The van der Waals surface area contributed by atoms with Gasteiger partial charge in [0.1, 0.15) is 36.1 Å². The smallest absolute Gasteiger partial charge is 0.408 e. The number of nitrogens with two attached hydrogens (primary N) is 1. The average molecular weight is 435 g/mol. The molecule has 1 heterocycles. The molecule has 6 atom stereocenters. The highest BCUT2D eigenvalue weighted by Crippen LogP contribution is 2.20. The molecule has 13 nitrogen and oxygen atoms in total. The summed E-state index contributed by atoms with van der Waals surface area (Å²) in [7, 11) is 0. The molecule has 1 aliphatic rings. The molecule has 1 fully saturated rings. The molecule has 0 aromatic rings. The summed E-state index contributed by atoms with van der Waals surface area (Å²) in [5, 5.41) is 53.5. The van der Waals surface area contributed by atoms with Gasteiger partial charge in [-0.05, 0) is 33.6 Å². The molecule has 2 amide bonds. The number of nitrogens with one attached hydrogen (secondary N) is 4. The second-order valence-corrected chi connectivity index (χ2v) is 7.94. The van der Waals surface area contributed by atoms with Crippen LogP contribution in [0.1, 0.15) is 33.6 Å². The minimum absolute atomic E-state index is 0.128. The summed E-state index contributed by atoms with van der Waals surface area (Å²) in [6.45, 7) is 4.61. The maximum absolute atomic E-state index is 12.7. The summed E-state index contributed by atoms with van der Waals surface area (Å²) in [5.74, 6) is -0.981. The molecule has 0 saturated carbocycles. The Morgan fingerprint density at radius 2 is 1.83 bits per heavy atom. The molecule has 1 rings (SSSR count). The first-order valence-corrected chi connectivity index (χ1v) is 9.54. The fourth-order valence-electron chi connectivity index (χ4n) is 2.71. The third-order valence-corrected chi connectivity index (χ3v) is 4.17. The van der Waals surface area contributed by atoms with Crippen molar-refractivity contribution in [1.82, 2.24) is 16.0 Å². The number of amides is 2. The molecule has 0 aliphatic carbocycles. The van der Waals surface area contributed by atoms with Crippen LogP contribution >= 0.6 is 0 Å². The third-order valence-electron chi connectivity index (χ3n) is 4.17. The molecular formula is C17H33N5O8. The maximum atomic E-state index is 12.7. The van der Waals surface area contributed by atoms with E-state index in [0.717, 1.165) is 0 Å². The first-order valence-electron chi connectivity index (χ1n) is 9.54. The lowest BCUT2D eigenvalue weighted by Gasteiger charge is -2.40. The predicted octanol–water partition coefficient (Wildman–Crippen LogP) is -2.94. The lowest BCUT2D eigenvalue weighted by Crippen LogP contribution is -2.64. The molecule has 13 heteroatoms. The Balaban J connectivity index is 2.81. The van der Waals surface area contributed by atoms with E-state index in [9.17, 15) is 30.0 Å². The number of carbonyl (C=O) groups is 2. The van der Waals surface area contributed by atoms with Gasteiger partial charge < -0.3 is 51.6 Å². The van der Waals surface area contributed by atoms with E-state index in [4.69, 9.17) is 20.6 Å². The van der Waals surface area contributed by atoms with E-state index in [0.29, 0.717) is 6.42 Å². The molecule has 6 unspecified atom stereocenters. The van der Waals surface area contributed by atoms with Gasteiger partial charge in [0, 0.05) is 6.54 Å². The lowest BCUT2D eigenvalue weighted by molar-refractivity contribution is -0.236. The molecule has 1 saturated heterocycles. The Labute approximate surface area is 174 Å².